The van der Waals surface area contributed by atoms with E-state index in [0.717, 1.165) is 36.8 Å². The minimum atomic E-state index is 0.372. The van der Waals surface area contributed by atoms with Crippen molar-refractivity contribution in [2.45, 2.75) is 32.2 Å². The molecule has 94 valence electrons. The molecule has 2 bridgehead atoms. The zero-order chi connectivity index (χ0) is 11.6. The largest absolute Gasteiger partial charge is 0.352 e. The van der Waals surface area contributed by atoms with E-state index < -0.39 is 0 Å². The van der Waals surface area contributed by atoms with E-state index in [0.29, 0.717) is 23.8 Å². The molecule has 1 aliphatic heterocycles. The van der Waals surface area contributed by atoms with Gasteiger partial charge in [0.2, 0.25) is 5.91 Å². The van der Waals surface area contributed by atoms with E-state index in [1.807, 2.05) is 0 Å². The predicted octanol–water partition coefficient (Wildman–Crippen LogP) is 1.00. The van der Waals surface area contributed by atoms with Crippen molar-refractivity contribution in [3.05, 3.63) is 0 Å². The summed E-state index contributed by atoms with van der Waals surface area (Å²) in [5, 5.41) is 6.64. The first-order chi connectivity index (χ1) is 8.25. The fourth-order valence-corrected chi connectivity index (χ4v) is 4.96. The fraction of sp³-hybridized carbons (Fsp3) is 0.929. The number of carbonyl (C=O) groups excluding carboxylic acids is 1. The summed E-state index contributed by atoms with van der Waals surface area (Å²) in [6, 6.07) is 0.376. The normalized spacial score (nSPS) is 54.8. The third-order valence-electron chi connectivity index (χ3n) is 5.88. The summed E-state index contributed by atoms with van der Waals surface area (Å²) in [6.07, 6.45) is 4.23. The van der Waals surface area contributed by atoms with E-state index in [9.17, 15) is 4.79 Å². The molecule has 0 radical (unpaired) electrons. The number of amides is 1. The van der Waals surface area contributed by atoms with Gasteiger partial charge in [0, 0.05) is 18.5 Å². The highest BCUT2D eigenvalue weighted by Crippen LogP contribution is 2.69. The molecule has 4 fully saturated rings. The first-order valence-electron chi connectivity index (χ1n) is 7.27. The van der Waals surface area contributed by atoms with Gasteiger partial charge in [-0.05, 0) is 55.4 Å². The quantitative estimate of drug-likeness (QED) is 0.748. The zero-order valence-electron chi connectivity index (χ0n) is 10.5. The van der Waals surface area contributed by atoms with Crippen molar-refractivity contribution in [3.63, 3.8) is 0 Å². The Hall–Kier alpha value is -0.570. The first kappa shape index (κ1) is 10.4. The lowest BCUT2D eigenvalue weighted by Crippen LogP contribution is -2.41. The average molecular weight is 234 g/mol. The molecule has 6 atom stereocenters. The van der Waals surface area contributed by atoms with E-state index in [4.69, 9.17) is 0 Å². The van der Waals surface area contributed by atoms with Crippen LogP contribution in [-0.2, 0) is 4.79 Å². The smallest absolute Gasteiger partial charge is 0.223 e. The Morgan fingerprint density at radius 1 is 1.18 bits per heavy atom. The second-order valence-electron chi connectivity index (χ2n) is 6.76. The van der Waals surface area contributed by atoms with E-state index in [-0.39, 0.29) is 0 Å². The van der Waals surface area contributed by atoms with Gasteiger partial charge in [-0.2, -0.15) is 0 Å². The van der Waals surface area contributed by atoms with Crippen molar-refractivity contribution in [2.24, 2.45) is 35.5 Å². The Balaban J connectivity index is 1.39. The fourth-order valence-electron chi connectivity index (χ4n) is 4.96. The number of hydrogen-bond acceptors (Lipinski definition) is 2. The van der Waals surface area contributed by atoms with Crippen molar-refractivity contribution in [2.75, 3.05) is 13.1 Å². The van der Waals surface area contributed by atoms with Crippen LogP contribution in [-0.4, -0.2) is 25.0 Å². The molecule has 3 heteroatoms. The maximum atomic E-state index is 12.3. The molecule has 3 aliphatic carbocycles. The van der Waals surface area contributed by atoms with Crippen LogP contribution in [0.25, 0.3) is 0 Å². The van der Waals surface area contributed by atoms with Gasteiger partial charge in [0.05, 0.1) is 0 Å². The molecule has 4 aliphatic rings. The molecule has 1 heterocycles. The zero-order valence-corrected chi connectivity index (χ0v) is 10.5. The topological polar surface area (TPSA) is 41.1 Å². The van der Waals surface area contributed by atoms with E-state index in [1.165, 1.54) is 19.3 Å². The van der Waals surface area contributed by atoms with Gasteiger partial charge in [-0.15, -0.1) is 0 Å². The molecule has 0 spiro atoms. The second-order valence-corrected chi connectivity index (χ2v) is 6.76. The molecule has 6 unspecified atom stereocenters. The van der Waals surface area contributed by atoms with Gasteiger partial charge in [0.15, 0.2) is 0 Å². The van der Waals surface area contributed by atoms with Crippen LogP contribution in [0.4, 0.5) is 0 Å². The number of fused-ring (bicyclic) bond motifs is 5. The minimum absolute atomic E-state index is 0.372. The Labute approximate surface area is 103 Å². The number of rotatable bonds is 2. The minimum Gasteiger partial charge on any atom is -0.352 e. The van der Waals surface area contributed by atoms with Gasteiger partial charge >= 0.3 is 0 Å². The van der Waals surface area contributed by atoms with Crippen LogP contribution in [0.3, 0.4) is 0 Å². The van der Waals surface area contributed by atoms with Crippen LogP contribution >= 0.6 is 0 Å². The highest BCUT2D eigenvalue weighted by Gasteiger charge is 2.67. The molecule has 1 amide bonds. The van der Waals surface area contributed by atoms with Crippen molar-refractivity contribution < 1.29 is 4.79 Å². The Morgan fingerprint density at radius 3 is 2.47 bits per heavy atom. The summed E-state index contributed by atoms with van der Waals surface area (Å²) in [7, 11) is 0. The average Bonchev–Trinajstić information content (AvgIpc) is 2.64. The molecule has 0 aromatic rings. The van der Waals surface area contributed by atoms with Crippen molar-refractivity contribution in [1.82, 2.24) is 10.6 Å². The van der Waals surface area contributed by atoms with Gasteiger partial charge in [-0.3, -0.25) is 4.79 Å². The number of nitrogens with one attached hydrogen (secondary N) is 2. The molecule has 0 aromatic carbocycles. The van der Waals surface area contributed by atoms with Gasteiger partial charge in [0.1, 0.15) is 0 Å². The standard InChI is InChI=1S/C14H22N2O/c1-7-5-15-6-10(7)16-14(17)13-11-8-2-3-9(4-8)12(11)13/h7-13,15H,2-6H2,1H3,(H,16,17). The van der Waals surface area contributed by atoms with Gasteiger partial charge in [-0.25, -0.2) is 0 Å². The lowest BCUT2D eigenvalue weighted by Gasteiger charge is -2.17. The molecule has 0 aromatic heterocycles. The summed E-state index contributed by atoms with van der Waals surface area (Å²) < 4.78 is 0. The van der Waals surface area contributed by atoms with Crippen LogP contribution in [0.15, 0.2) is 0 Å². The summed E-state index contributed by atoms with van der Waals surface area (Å²) in [5.41, 5.74) is 0. The predicted molar refractivity (Wildman–Crippen MR) is 65.3 cm³/mol. The van der Waals surface area contributed by atoms with E-state index >= 15 is 0 Å². The summed E-state index contributed by atoms with van der Waals surface area (Å²) in [4.78, 5) is 12.3. The molecule has 2 N–H and O–H groups in total. The van der Waals surface area contributed by atoms with Gasteiger partial charge < -0.3 is 10.6 Å². The van der Waals surface area contributed by atoms with Crippen LogP contribution in [0.1, 0.15) is 26.2 Å². The number of hydrogen-bond donors (Lipinski definition) is 2. The molecule has 17 heavy (non-hydrogen) atoms. The summed E-state index contributed by atoms with van der Waals surface area (Å²) >= 11 is 0. The lowest BCUT2D eigenvalue weighted by molar-refractivity contribution is -0.124. The molecule has 3 saturated carbocycles. The maximum absolute atomic E-state index is 12.3. The van der Waals surface area contributed by atoms with Gasteiger partial charge in [-0.1, -0.05) is 6.92 Å². The molecule has 3 nitrogen and oxygen atoms in total. The Bertz CT molecular complexity index is 340. The molecular formula is C14H22N2O. The third kappa shape index (κ3) is 1.41. The first-order valence-corrected chi connectivity index (χ1v) is 7.27. The molecule has 1 saturated heterocycles. The third-order valence-corrected chi connectivity index (χ3v) is 5.88. The molecule has 4 rings (SSSR count). The van der Waals surface area contributed by atoms with Crippen LogP contribution in [0, 0.1) is 35.5 Å². The highest BCUT2D eigenvalue weighted by atomic mass is 16.2. The molecular weight excluding hydrogens is 212 g/mol. The van der Waals surface area contributed by atoms with Crippen molar-refractivity contribution in [3.8, 4) is 0 Å². The monoisotopic (exact) mass is 234 g/mol. The SMILES string of the molecule is CC1CNCC1NC(=O)C1C2C3CCC(C3)C12. The lowest BCUT2D eigenvalue weighted by atomic mass is 10.0. The van der Waals surface area contributed by atoms with Crippen molar-refractivity contribution >= 4 is 5.91 Å². The summed E-state index contributed by atoms with van der Waals surface area (Å²) in [6.45, 7) is 4.23. The van der Waals surface area contributed by atoms with Crippen LogP contribution in [0.5, 0.6) is 0 Å². The van der Waals surface area contributed by atoms with Gasteiger partial charge in [0.25, 0.3) is 0 Å². The highest BCUT2D eigenvalue weighted by molar-refractivity contribution is 5.83. The Kier molecular flexibility index (Phi) is 2.11. The number of carbonyl (C=O) groups is 1. The maximum Gasteiger partial charge on any atom is 0.223 e. The van der Waals surface area contributed by atoms with E-state index in [2.05, 4.69) is 17.6 Å². The Morgan fingerprint density at radius 2 is 1.88 bits per heavy atom. The second kappa shape index (κ2) is 3.47. The van der Waals surface area contributed by atoms with E-state index in [1.54, 1.807) is 0 Å². The van der Waals surface area contributed by atoms with Crippen LogP contribution < -0.4 is 10.6 Å². The van der Waals surface area contributed by atoms with Crippen LogP contribution in [0.2, 0.25) is 0 Å². The van der Waals surface area contributed by atoms with Crippen molar-refractivity contribution in [1.29, 1.82) is 0 Å². The summed E-state index contributed by atoms with van der Waals surface area (Å²) in [5.74, 6) is 4.72.